The van der Waals surface area contributed by atoms with Crippen LogP contribution < -0.4 is 0 Å². The number of benzene rings is 2. The number of hydrogen-bond donors (Lipinski definition) is 0. The van der Waals surface area contributed by atoms with Gasteiger partial charge in [0.05, 0.1) is 0 Å². The van der Waals surface area contributed by atoms with Crippen molar-refractivity contribution in [2.75, 3.05) is 0 Å². The van der Waals surface area contributed by atoms with Crippen LogP contribution in [0.4, 0.5) is 0 Å². The first-order valence-electron chi connectivity index (χ1n) is 15.6. The van der Waals surface area contributed by atoms with Crippen molar-refractivity contribution in [2.24, 2.45) is 11.8 Å². The molecular formula is C36H54. The Kier molecular flexibility index (Phi) is 9.06. The Hall–Kier alpha value is -1.56. The second-order valence-electron chi connectivity index (χ2n) is 13.1. The Morgan fingerprint density at radius 3 is 1.56 bits per heavy atom. The van der Waals surface area contributed by atoms with Gasteiger partial charge in [0.1, 0.15) is 0 Å². The molecule has 0 saturated heterocycles. The molecule has 0 spiro atoms. The molecule has 0 amide bonds. The van der Waals surface area contributed by atoms with Crippen LogP contribution in [0, 0.1) is 11.8 Å². The van der Waals surface area contributed by atoms with Crippen LogP contribution in [0.25, 0.3) is 11.1 Å². The van der Waals surface area contributed by atoms with Crippen molar-refractivity contribution in [3.63, 3.8) is 0 Å². The van der Waals surface area contributed by atoms with Crippen LogP contribution in [0.3, 0.4) is 0 Å². The third-order valence-corrected chi connectivity index (χ3v) is 10.1. The first kappa shape index (κ1) is 27.5. The van der Waals surface area contributed by atoms with Crippen LogP contribution >= 0.6 is 0 Å². The minimum atomic E-state index is 0.316. The SMILES string of the molecule is CCC(c1ccccc1-c1c(C(C)C)cc(C(C)C)cc1C(C)C)(C1CCCCC1)C1CCCCC1. The van der Waals surface area contributed by atoms with Crippen LogP contribution in [0.1, 0.15) is 159 Å². The summed E-state index contributed by atoms with van der Waals surface area (Å²) in [5.41, 5.74) is 9.79. The molecule has 0 aliphatic heterocycles. The van der Waals surface area contributed by atoms with Gasteiger partial charge in [0.25, 0.3) is 0 Å². The first-order valence-corrected chi connectivity index (χ1v) is 15.6. The van der Waals surface area contributed by atoms with Gasteiger partial charge in [-0.1, -0.05) is 123 Å². The van der Waals surface area contributed by atoms with Gasteiger partial charge in [-0.15, -0.1) is 0 Å². The summed E-state index contributed by atoms with van der Waals surface area (Å²) in [4.78, 5) is 0. The summed E-state index contributed by atoms with van der Waals surface area (Å²) in [6.07, 6.45) is 15.6. The highest BCUT2D eigenvalue weighted by Crippen LogP contribution is 2.55. The molecule has 36 heavy (non-hydrogen) atoms. The summed E-state index contributed by atoms with van der Waals surface area (Å²) < 4.78 is 0. The van der Waals surface area contributed by atoms with Gasteiger partial charge in [-0.3, -0.25) is 0 Å². The third kappa shape index (κ3) is 5.21. The van der Waals surface area contributed by atoms with E-state index in [0.29, 0.717) is 23.2 Å². The Balaban J connectivity index is 2.01. The van der Waals surface area contributed by atoms with E-state index in [4.69, 9.17) is 0 Å². The highest BCUT2D eigenvalue weighted by atomic mass is 14.5. The maximum absolute atomic E-state index is 2.58. The smallest absolute Gasteiger partial charge is 0.00130 e. The Labute approximate surface area is 223 Å². The summed E-state index contributed by atoms with van der Waals surface area (Å²) in [6, 6.07) is 14.9. The summed E-state index contributed by atoms with van der Waals surface area (Å²) in [5, 5.41) is 0. The van der Waals surface area contributed by atoms with E-state index in [1.165, 1.54) is 76.2 Å². The molecule has 4 rings (SSSR count). The van der Waals surface area contributed by atoms with Crippen molar-refractivity contribution in [1.82, 2.24) is 0 Å². The summed E-state index contributed by atoms with van der Waals surface area (Å²) in [7, 11) is 0. The van der Waals surface area contributed by atoms with E-state index >= 15 is 0 Å². The molecule has 2 aromatic carbocycles. The van der Waals surface area contributed by atoms with Crippen LogP contribution in [0.2, 0.25) is 0 Å². The van der Waals surface area contributed by atoms with Crippen molar-refractivity contribution in [3.05, 3.63) is 58.7 Å². The van der Waals surface area contributed by atoms with E-state index < -0.39 is 0 Å². The van der Waals surface area contributed by atoms with Gasteiger partial charge in [0.15, 0.2) is 0 Å². The lowest BCUT2D eigenvalue weighted by atomic mass is 9.53. The maximum Gasteiger partial charge on any atom is 0.00130 e. The first-order chi connectivity index (χ1) is 17.3. The highest BCUT2D eigenvalue weighted by Gasteiger charge is 2.46. The molecule has 0 heterocycles. The summed E-state index contributed by atoms with van der Waals surface area (Å²) >= 11 is 0. The summed E-state index contributed by atoms with van der Waals surface area (Å²) in [5.74, 6) is 3.26. The van der Waals surface area contributed by atoms with E-state index in [2.05, 4.69) is 84.9 Å². The van der Waals surface area contributed by atoms with Gasteiger partial charge in [0, 0.05) is 5.41 Å². The quantitative estimate of drug-likeness (QED) is 0.348. The normalized spacial score (nSPS) is 18.5. The standard InChI is InChI=1S/C36H54/c1-8-36(29-17-11-9-12-18-29,30-19-13-10-14-20-30)34-22-16-15-21-31(34)35-32(26(4)5)23-28(25(2)3)24-33(35)27(6)7/h15-16,21-27,29-30H,8-14,17-20H2,1-7H3. The predicted octanol–water partition coefficient (Wildman–Crippen LogP) is 11.5. The fourth-order valence-electron chi connectivity index (χ4n) is 8.15. The Bertz CT molecular complexity index is 932. The average Bonchev–Trinajstić information content (AvgIpc) is 2.90. The fourth-order valence-corrected chi connectivity index (χ4v) is 8.15. The third-order valence-electron chi connectivity index (χ3n) is 10.1. The van der Waals surface area contributed by atoms with E-state index in [1.807, 2.05) is 0 Å². The van der Waals surface area contributed by atoms with Gasteiger partial charge in [-0.05, 0) is 95.1 Å². The van der Waals surface area contributed by atoms with Crippen molar-refractivity contribution < 1.29 is 0 Å². The lowest BCUT2D eigenvalue weighted by Gasteiger charge is -2.50. The van der Waals surface area contributed by atoms with Gasteiger partial charge < -0.3 is 0 Å². The monoisotopic (exact) mass is 486 g/mol. The van der Waals surface area contributed by atoms with Crippen molar-refractivity contribution in [2.45, 2.75) is 142 Å². The zero-order valence-corrected chi connectivity index (χ0v) is 24.6. The predicted molar refractivity (Wildman–Crippen MR) is 159 cm³/mol. The lowest BCUT2D eigenvalue weighted by Crippen LogP contribution is -2.44. The van der Waals surface area contributed by atoms with E-state index in [1.54, 1.807) is 27.8 Å². The molecule has 0 radical (unpaired) electrons. The van der Waals surface area contributed by atoms with E-state index in [0.717, 1.165) is 11.8 Å². The topological polar surface area (TPSA) is 0 Å². The van der Waals surface area contributed by atoms with Crippen LogP contribution in [-0.4, -0.2) is 0 Å². The largest absolute Gasteiger partial charge is 0.0645 e. The zero-order valence-electron chi connectivity index (χ0n) is 24.6. The van der Waals surface area contributed by atoms with Gasteiger partial charge in [-0.2, -0.15) is 0 Å². The Morgan fingerprint density at radius 1 is 0.667 bits per heavy atom. The maximum atomic E-state index is 2.58. The van der Waals surface area contributed by atoms with Crippen molar-refractivity contribution >= 4 is 0 Å². The average molecular weight is 487 g/mol. The minimum Gasteiger partial charge on any atom is -0.0645 e. The summed E-state index contributed by atoms with van der Waals surface area (Å²) in [6.45, 7) is 16.9. The lowest BCUT2D eigenvalue weighted by molar-refractivity contribution is 0.0947. The molecule has 0 N–H and O–H groups in total. The second-order valence-corrected chi connectivity index (χ2v) is 13.1. The minimum absolute atomic E-state index is 0.316. The molecule has 0 bridgehead atoms. The molecule has 2 fully saturated rings. The molecule has 2 aromatic rings. The number of hydrogen-bond acceptors (Lipinski definition) is 0. The fraction of sp³-hybridized carbons (Fsp3) is 0.667. The van der Waals surface area contributed by atoms with Crippen LogP contribution in [0.5, 0.6) is 0 Å². The Morgan fingerprint density at radius 2 is 1.14 bits per heavy atom. The van der Waals surface area contributed by atoms with Crippen LogP contribution in [0.15, 0.2) is 36.4 Å². The molecule has 0 nitrogen and oxygen atoms in total. The van der Waals surface area contributed by atoms with E-state index in [9.17, 15) is 0 Å². The molecule has 2 aliphatic rings. The molecule has 0 unspecified atom stereocenters. The molecule has 2 saturated carbocycles. The van der Waals surface area contributed by atoms with Crippen LogP contribution in [-0.2, 0) is 5.41 Å². The second kappa shape index (κ2) is 11.9. The molecule has 2 aliphatic carbocycles. The molecule has 0 aromatic heterocycles. The van der Waals surface area contributed by atoms with Crippen molar-refractivity contribution in [1.29, 1.82) is 0 Å². The zero-order chi connectivity index (χ0) is 25.9. The number of rotatable bonds is 8. The van der Waals surface area contributed by atoms with Gasteiger partial charge in [-0.25, -0.2) is 0 Å². The van der Waals surface area contributed by atoms with E-state index in [-0.39, 0.29) is 0 Å². The molecule has 0 heteroatoms. The van der Waals surface area contributed by atoms with Crippen molar-refractivity contribution in [3.8, 4) is 11.1 Å². The highest BCUT2D eigenvalue weighted by molar-refractivity contribution is 5.77. The molecular weight excluding hydrogens is 432 g/mol. The van der Waals surface area contributed by atoms with Gasteiger partial charge >= 0.3 is 0 Å². The van der Waals surface area contributed by atoms with Gasteiger partial charge in [0.2, 0.25) is 0 Å². The molecule has 198 valence electrons. The molecule has 0 atom stereocenters.